The fourth-order valence-corrected chi connectivity index (χ4v) is 2.62. The number of likely N-dealkylation sites (tertiary alicyclic amines) is 1. The summed E-state index contributed by atoms with van der Waals surface area (Å²) in [4.78, 5) is 28.0. The topological polar surface area (TPSA) is 53.8 Å². The second kappa shape index (κ2) is 7.29. The number of amides is 2. The van der Waals surface area contributed by atoms with Crippen LogP contribution in [0.2, 0.25) is 0 Å². The molecule has 1 aromatic heterocycles. The maximum atomic E-state index is 12.2. The fourth-order valence-electron chi connectivity index (χ4n) is 2.62. The van der Waals surface area contributed by atoms with Crippen molar-refractivity contribution in [3.63, 3.8) is 0 Å². The SMILES string of the molecule is CCN(CCC(=O)N1CCC(C)CC1)C(=O)c1ccoc1. The zero-order valence-electron chi connectivity index (χ0n) is 12.9. The zero-order valence-corrected chi connectivity index (χ0v) is 12.9. The maximum absolute atomic E-state index is 12.2. The Balaban J connectivity index is 1.82. The molecule has 0 spiro atoms. The molecule has 1 aliphatic heterocycles. The van der Waals surface area contributed by atoms with Crippen LogP contribution in [0.4, 0.5) is 0 Å². The van der Waals surface area contributed by atoms with Gasteiger partial charge in [-0.15, -0.1) is 0 Å². The first-order valence-corrected chi connectivity index (χ1v) is 7.71. The van der Waals surface area contributed by atoms with E-state index in [1.165, 1.54) is 12.5 Å². The first kappa shape index (κ1) is 15.6. The zero-order chi connectivity index (χ0) is 15.2. The van der Waals surface area contributed by atoms with Crippen molar-refractivity contribution in [3.8, 4) is 0 Å². The van der Waals surface area contributed by atoms with Crippen LogP contribution < -0.4 is 0 Å². The summed E-state index contributed by atoms with van der Waals surface area (Å²) >= 11 is 0. The minimum Gasteiger partial charge on any atom is -0.472 e. The van der Waals surface area contributed by atoms with E-state index in [4.69, 9.17) is 4.42 Å². The smallest absolute Gasteiger partial charge is 0.257 e. The monoisotopic (exact) mass is 292 g/mol. The third-order valence-corrected chi connectivity index (χ3v) is 4.17. The van der Waals surface area contributed by atoms with Crippen molar-refractivity contribution in [2.45, 2.75) is 33.1 Å². The molecule has 5 heteroatoms. The molecular weight excluding hydrogens is 268 g/mol. The van der Waals surface area contributed by atoms with Crippen LogP contribution in [0.1, 0.15) is 43.5 Å². The lowest BCUT2D eigenvalue weighted by atomic mass is 9.99. The average molecular weight is 292 g/mol. The molecule has 0 aliphatic carbocycles. The highest BCUT2D eigenvalue weighted by molar-refractivity contribution is 5.94. The number of piperidine rings is 1. The third kappa shape index (κ3) is 4.09. The molecule has 21 heavy (non-hydrogen) atoms. The summed E-state index contributed by atoms with van der Waals surface area (Å²) in [5.74, 6) is 0.788. The van der Waals surface area contributed by atoms with Crippen molar-refractivity contribution < 1.29 is 14.0 Å². The summed E-state index contributed by atoms with van der Waals surface area (Å²) in [6, 6.07) is 1.65. The van der Waals surface area contributed by atoms with Crippen molar-refractivity contribution in [2.75, 3.05) is 26.2 Å². The maximum Gasteiger partial charge on any atom is 0.257 e. The van der Waals surface area contributed by atoms with Gasteiger partial charge in [-0.3, -0.25) is 9.59 Å². The van der Waals surface area contributed by atoms with Crippen molar-refractivity contribution in [1.82, 2.24) is 9.80 Å². The fraction of sp³-hybridized carbons (Fsp3) is 0.625. The van der Waals surface area contributed by atoms with Crippen LogP contribution in [0, 0.1) is 5.92 Å². The minimum atomic E-state index is -0.0775. The highest BCUT2D eigenvalue weighted by atomic mass is 16.3. The molecule has 0 radical (unpaired) electrons. The van der Waals surface area contributed by atoms with E-state index in [1.807, 2.05) is 11.8 Å². The van der Waals surface area contributed by atoms with Crippen LogP contribution in [0.3, 0.4) is 0 Å². The molecule has 1 aliphatic rings. The molecule has 2 amide bonds. The van der Waals surface area contributed by atoms with E-state index in [0.29, 0.717) is 31.0 Å². The molecule has 2 rings (SSSR count). The van der Waals surface area contributed by atoms with E-state index in [9.17, 15) is 9.59 Å². The van der Waals surface area contributed by atoms with Gasteiger partial charge in [-0.05, 0) is 31.7 Å². The Kier molecular flexibility index (Phi) is 5.42. The van der Waals surface area contributed by atoms with E-state index in [0.717, 1.165) is 25.9 Å². The normalized spacial score (nSPS) is 16.0. The highest BCUT2D eigenvalue weighted by Gasteiger charge is 2.22. The Bertz CT molecular complexity index is 462. The van der Waals surface area contributed by atoms with E-state index in [1.54, 1.807) is 11.0 Å². The molecule has 0 bridgehead atoms. The van der Waals surface area contributed by atoms with Gasteiger partial charge in [-0.25, -0.2) is 0 Å². The summed E-state index contributed by atoms with van der Waals surface area (Å²) in [6.45, 7) is 6.90. The molecule has 0 aromatic carbocycles. The van der Waals surface area contributed by atoms with Crippen LogP contribution in [-0.2, 0) is 4.79 Å². The van der Waals surface area contributed by atoms with Gasteiger partial charge in [-0.1, -0.05) is 6.92 Å². The van der Waals surface area contributed by atoms with Gasteiger partial charge in [0.05, 0.1) is 11.8 Å². The lowest BCUT2D eigenvalue weighted by molar-refractivity contribution is -0.132. The molecule has 0 N–H and O–H groups in total. The summed E-state index contributed by atoms with van der Waals surface area (Å²) in [7, 11) is 0. The van der Waals surface area contributed by atoms with E-state index < -0.39 is 0 Å². The number of hydrogen-bond acceptors (Lipinski definition) is 3. The van der Waals surface area contributed by atoms with Crippen LogP contribution >= 0.6 is 0 Å². The molecule has 0 saturated carbocycles. The van der Waals surface area contributed by atoms with Gasteiger partial charge < -0.3 is 14.2 Å². The molecule has 1 saturated heterocycles. The minimum absolute atomic E-state index is 0.0775. The van der Waals surface area contributed by atoms with Crippen LogP contribution in [0.5, 0.6) is 0 Å². The number of nitrogens with zero attached hydrogens (tertiary/aromatic N) is 2. The number of rotatable bonds is 5. The van der Waals surface area contributed by atoms with E-state index >= 15 is 0 Å². The van der Waals surface area contributed by atoms with Gasteiger partial charge in [0.25, 0.3) is 5.91 Å². The summed E-state index contributed by atoms with van der Waals surface area (Å²) < 4.78 is 4.94. The van der Waals surface area contributed by atoms with Gasteiger partial charge in [0, 0.05) is 32.6 Å². The molecule has 0 atom stereocenters. The Hall–Kier alpha value is -1.78. The van der Waals surface area contributed by atoms with Gasteiger partial charge in [0.15, 0.2) is 0 Å². The summed E-state index contributed by atoms with van der Waals surface area (Å²) in [5, 5.41) is 0. The molecule has 116 valence electrons. The number of hydrogen-bond donors (Lipinski definition) is 0. The average Bonchev–Trinajstić information content (AvgIpc) is 3.02. The van der Waals surface area contributed by atoms with E-state index in [2.05, 4.69) is 6.92 Å². The summed E-state index contributed by atoms with van der Waals surface area (Å²) in [5.41, 5.74) is 0.538. The Morgan fingerprint density at radius 2 is 2.10 bits per heavy atom. The molecular formula is C16H24N2O3. The van der Waals surface area contributed by atoms with Crippen molar-refractivity contribution in [3.05, 3.63) is 24.2 Å². The van der Waals surface area contributed by atoms with E-state index in [-0.39, 0.29) is 11.8 Å². The van der Waals surface area contributed by atoms with Crippen molar-refractivity contribution in [1.29, 1.82) is 0 Å². The van der Waals surface area contributed by atoms with Crippen LogP contribution in [-0.4, -0.2) is 47.8 Å². The number of furan rings is 1. The van der Waals surface area contributed by atoms with Gasteiger partial charge >= 0.3 is 0 Å². The van der Waals surface area contributed by atoms with Crippen molar-refractivity contribution >= 4 is 11.8 Å². The molecule has 5 nitrogen and oxygen atoms in total. The number of carbonyl (C=O) groups is 2. The first-order chi connectivity index (χ1) is 10.1. The predicted molar refractivity (Wildman–Crippen MR) is 79.9 cm³/mol. The Labute approximate surface area is 125 Å². The first-order valence-electron chi connectivity index (χ1n) is 7.71. The Morgan fingerprint density at radius 1 is 1.38 bits per heavy atom. The van der Waals surface area contributed by atoms with Gasteiger partial charge in [0.1, 0.15) is 6.26 Å². The molecule has 0 unspecified atom stereocenters. The van der Waals surface area contributed by atoms with Crippen LogP contribution in [0.15, 0.2) is 23.0 Å². The second-order valence-corrected chi connectivity index (χ2v) is 5.71. The second-order valence-electron chi connectivity index (χ2n) is 5.71. The van der Waals surface area contributed by atoms with Crippen LogP contribution in [0.25, 0.3) is 0 Å². The molecule has 2 heterocycles. The predicted octanol–water partition coefficient (Wildman–Crippen LogP) is 2.39. The number of carbonyl (C=O) groups excluding carboxylic acids is 2. The largest absolute Gasteiger partial charge is 0.472 e. The third-order valence-electron chi connectivity index (χ3n) is 4.17. The lowest BCUT2D eigenvalue weighted by Gasteiger charge is -2.31. The summed E-state index contributed by atoms with van der Waals surface area (Å²) in [6.07, 6.45) is 5.49. The Morgan fingerprint density at radius 3 is 2.67 bits per heavy atom. The highest BCUT2D eigenvalue weighted by Crippen LogP contribution is 2.16. The molecule has 1 fully saturated rings. The lowest BCUT2D eigenvalue weighted by Crippen LogP contribution is -2.40. The van der Waals surface area contributed by atoms with Crippen molar-refractivity contribution in [2.24, 2.45) is 5.92 Å². The quantitative estimate of drug-likeness (QED) is 0.837. The standard InChI is InChI=1S/C16H24N2O3/c1-3-17(16(20)14-7-11-21-12-14)10-6-15(19)18-8-4-13(2)5-9-18/h7,11-13H,3-6,8-10H2,1-2H3. The molecule has 1 aromatic rings. The van der Waals surface area contributed by atoms with Gasteiger partial charge in [0.2, 0.25) is 5.91 Å². The van der Waals surface area contributed by atoms with Gasteiger partial charge in [-0.2, -0.15) is 0 Å².